The van der Waals surface area contributed by atoms with Gasteiger partial charge in [-0.1, -0.05) is 18.2 Å². The number of benzene rings is 2. The molecule has 8 heteroatoms. The molecule has 0 aliphatic carbocycles. The quantitative estimate of drug-likeness (QED) is 0.615. The molecule has 0 saturated carbocycles. The smallest absolute Gasteiger partial charge is 0.417 e. The number of carbonyl (C=O) groups is 2. The van der Waals surface area contributed by atoms with Gasteiger partial charge in [0.1, 0.15) is 16.4 Å². The van der Waals surface area contributed by atoms with Crippen LogP contribution in [0.4, 0.5) is 10.5 Å². The Morgan fingerprint density at radius 3 is 2.45 bits per heavy atom. The van der Waals surface area contributed by atoms with Crippen LogP contribution < -0.4 is 14.8 Å². The van der Waals surface area contributed by atoms with E-state index in [9.17, 15) is 14.9 Å². The van der Waals surface area contributed by atoms with Crippen LogP contribution in [0.2, 0.25) is 0 Å². The Bertz CT molecular complexity index is 1090. The SMILES string of the molecule is COC(=O)c1sc(-c2cc(OC)ccc2C#N)cc1NC(=O)Oc1ccccc1. The van der Waals surface area contributed by atoms with Crippen LogP contribution in [0.15, 0.2) is 54.6 Å². The van der Waals surface area contributed by atoms with Crippen molar-refractivity contribution < 1.29 is 23.8 Å². The van der Waals surface area contributed by atoms with Gasteiger partial charge in [0.15, 0.2) is 0 Å². The van der Waals surface area contributed by atoms with Crippen molar-refractivity contribution in [1.82, 2.24) is 0 Å². The van der Waals surface area contributed by atoms with Gasteiger partial charge >= 0.3 is 12.1 Å². The second kappa shape index (κ2) is 8.91. The molecule has 0 aliphatic heterocycles. The van der Waals surface area contributed by atoms with E-state index in [4.69, 9.17) is 14.2 Å². The third-order valence-corrected chi connectivity index (χ3v) is 5.05. The van der Waals surface area contributed by atoms with Crippen molar-refractivity contribution in [3.05, 3.63) is 65.0 Å². The molecule has 0 saturated heterocycles. The summed E-state index contributed by atoms with van der Waals surface area (Å²) in [5, 5.41) is 12.0. The van der Waals surface area contributed by atoms with Crippen molar-refractivity contribution in [3.63, 3.8) is 0 Å². The highest BCUT2D eigenvalue weighted by Crippen LogP contribution is 2.38. The molecule has 2 aromatic carbocycles. The van der Waals surface area contributed by atoms with Gasteiger partial charge in [-0.2, -0.15) is 5.26 Å². The second-order valence-corrected chi connectivity index (χ2v) is 6.75. The Morgan fingerprint density at radius 1 is 1.03 bits per heavy atom. The minimum absolute atomic E-state index is 0.180. The first kappa shape index (κ1) is 19.9. The van der Waals surface area contributed by atoms with E-state index in [0.717, 1.165) is 11.3 Å². The molecule has 0 atom stereocenters. The summed E-state index contributed by atoms with van der Waals surface area (Å²) in [6.07, 6.45) is -0.753. The number of ether oxygens (including phenoxy) is 3. The van der Waals surface area contributed by atoms with Crippen molar-refractivity contribution in [2.75, 3.05) is 19.5 Å². The number of nitrogens with zero attached hydrogens (tertiary/aromatic N) is 1. The highest BCUT2D eigenvalue weighted by atomic mass is 32.1. The molecule has 3 rings (SSSR count). The van der Waals surface area contributed by atoms with Crippen LogP contribution in [0, 0.1) is 11.3 Å². The standard InChI is InChI=1S/C21H16N2O5S/c1-26-15-9-8-13(12-22)16(10-15)18-11-17(19(29-18)20(24)27-2)23-21(25)28-14-6-4-3-5-7-14/h3-11H,1-2H3,(H,23,25). The maximum Gasteiger partial charge on any atom is 0.417 e. The molecule has 146 valence electrons. The van der Waals surface area contributed by atoms with Crippen LogP contribution >= 0.6 is 11.3 Å². The predicted molar refractivity (Wildman–Crippen MR) is 108 cm³/mol. The Morgan fingerprint density at radius 2 is 1.79 bits per heavy atom. The molecule has 0 bridgehead atoms. The van der Waals surface area contributed by atoms with Gasteiger partial charge in [0, 0.05) is 10.4 Å². The van der Waals surface area contributed by atoms with Crippen LogP contribution in [0.25, 0.3) is 10.4 Å². The van der Waals surface area contributed by atoms with Crippen LogP contribution in [-0.2, 0) is 4.74 Å². The normalized spacial score (nSPS) is 9.97. The van der Waals surface area contributed by atoms with Gasteiger partial charge in [0.05, 0.1) is 31.5 Å². The number of nitrogens with one attached hydrogen (secondary N) is 1. The first-order valence-corrected chi connectivity index (χ1v) is 9.22. The van der Waals surface area contributed by atoms with E-state index in [2.05, 4.69) is 11.4 Å². The Kier molecular flexibility index (Phi) is 6.12. The van der Waals surface area contributed by atoms with Crippen molar-refractivity contribution in [2.45, 2.75) is 0 Å². The summed E-state index contributed by atoms with van der Waals surface area (Å²) in [7, 11) is 2.77. The van der Waals surface area contributed by atoms with Gasteiger partial charge in [0.25, 0.3) is 0 Å². The molecule has 1 heterocycles. The average molecular weight is 408 g/mol. The van der Waals surface area contributed by atoms with Crippen molar-refractivity contribution in [3.8, 4) is 28.0 Å². The number of anilines is 1. The average Bonchev–Trinajstić information content (AvgIpc) is 3.16. The summed E-state index contributed by atoms with van der Waals surface area (Å²) in [5.74, 6) is 0.308. The minimum Gasteiger partial charge on any atom is -0.497 e. The van der Waals surface area contributed by atoms with E-state index < -0.39 is 12.1 Å². The summed E-state index contributed by atoms with van der Waals surface area (Å²) >= 11 is 1.09. The summed E-state index contributed by atoms with van der Waals surface area (Å²) < 4.78 is 15.3. The number of amides is 1. The van der Waals surface area contributed by atoms with E-state index in [0.29, 0.717) is 27.5 Å². The van der Waals surface area contributed by atoms with Gasteiger partial charge in [0.2, 0.25) is 0 Å². The highest BCUT2D eigenvalue weighted by Gasteiger charge is 2.21. The second-order valence-electron chi connectivity index (χ2n) is 5.70. The largest absolute Gasteiger partial charge is 0.497 e. The van der Waals surface area contributed by atoms with Crippen LogP contribution in [0.1, 0.15) is 15.2 Å². The third kappa shape index (κ3) is 4.54. The lowest BCUT2D eigenvalue weighted by atomic mass is 10.1. The molecule has 0 radical (unpaired) electrons. The molecule has 0 unspecified atom stereocenters. The number of para-hydroxylation sites is 1. The fourth-order valence-electron chi connectivity index (χ4n) is 2.54. The van der Waals surface area contributed by atoms with Crippen LogP contribution in [0.5, 0.6) is 11.5 Å². The first-order valence-electron chi connectivity index (χ1n) is 8.40. The molecular formula is C21H16N2O5S. The summed E-state index contributed by atoms with van der Waals surface area (Å²) in [4.78, 5) is 25.2. The van der Waals surface area contributed by atoms with E-state index in [1.807, 2.05) is 0 Å². The fourth-order valence-corrected chi connectivity index (χ4v) is 3.61. The molecule has 29 heavy (non-hydrogen) atoms. The lowest BCUT2D eigenvalue weighted by Crippen LogP contribution is -2.18. The fraction of sp³-hybridized carbons (Fsp3) is 0.0952. The van der Waals surface area contributed by atoms with E-state index in [-0.39, 0.29) is 10.6 Å². The zero-order chi connectivity index (χ0) is 20.8. The first-order chi connectivity index (χ1) is 14.0. The molecule has 1 N–H and O–H groups in total. The van der Waals surface area contributed by atoms with Gasteiger partial charge < -0.3 is 14.2 Å². The third-order valence-electron chi connectivity index (χ3n) is 3.91. The number of rotatable bonds is 5. The molecule has 0 spiro atoms. The molecule has 0 aliphatic rings. The molecular weight excluding hydrogens is 392 g/mol. The van der Waals surface area contributed by atoms with Crippen LogP contribution in [-0.4, -0.2) is 26.3 Å². The molecule has 1 amide bonds. The number of hydrogen-bond acceptors (Lipinski definition) is 7. The number of hydrogen-bond donors (Lipinski definition) is 1. The Labute approximate surface area is 171 Å². The van der Waals surface area contributed by atoms with E-state index in [1.54, 1.807) is 54.6 Å². The van der Waals surface area contributed by atoms with E-state index in [1.165, 1.54) is 14.2 Å². The highest BCUT2D eigenvalue weighted by molar-refractivity contribution is 7.18. The monoisotopic (exact) mass is 408 g/mol. The summed E-state index contributed by atoms with van der Waals surface area (Å²) in [6, 6.07) is 17.2. The summed E-state index contributed by atoms with van der Waals surface area (Å²) in [5.41, 5.74) is 1.21. The maximum absolute atomic E-state index is 12.3. The van der Waals surface area contributed by atoms with Gasteiger partial charge in [-0.15, -0.1) is 11.3 Å². The predicted octanol–water partition coefficient (Wildman–Crippen LogP) is 4.69. The number of methoxy groups -OCH3 is 2. The molecule has 7 nitrogen and oxygen atoms in total. The van der Waals surface area contributed by atoms with Crippen LogP contribution in [0.3, 0.4) is 0 Å². The number of esters is 1. The Balaban J connectivity index is 1.96. The zero-order valence-electron chi connectivity index (χ0n) is 15.6. The maximum atomic E-state index is 12.3. The minimum atomic E-state index is -0.753. The Hall–Kier alpha value is -3.83. The lowest BCUT2D eigenvalue weighted by molar-refractivity contribution is 0.0607. The van der Waals surface area contributed by atoms with Crippen molar-refractivity contribution in [2.24, 2.45) is 0 Å². The lowest BCUT2D eigenvalue weighted by Gasteiger charge is -2.06. The molecule has 0 fully saturated rings. The van der Waals surface area contributed by atoms with E-state index >= 15 is 0 Å². The summed E-state index contributed by atoms with van der Waals surface area (Å²) in [6.45, 7) is 0. The molecule has 1 aromatic heterocycles. The number of carbonyl (C=O) groups excluding carboxylic acids is 2. The number of nitriles is 1. The topological polar surface area (TPSA) is 97.6 Å². The van der Waals surface area contributed by atoms with Crippen molar-refractivity contribution >= 4 is 29.1 Å². The molecule has 3 aromatic rings. The van der Waals surface area contributed by atoms with Gasteiger partial charge in [-0.3, -0.25) is 5.32 Å². The van der Waals surface area contributed by atoms with Gasteiger partial charge in [-0.05, 0) is 36.4 Å². The van der Waals surface area contributed by atoms with Gasteiger partial charge in [-0.25, -0.2) is 9.59 Å². The number of thiophene rings is 1. The zero-order valence-corrected chi connectivity index (χ0v) is 16.4. The van der Waals surface area contributed by atoms with Crippen molar-refractivity contribution in [1.29, 1.82) is 5.26 Å².